The lowest BCUT2D eigenvalue weighted by Gasteiger charge is -2.11. The Morgan fingerprint density at radius 2 is 1.97 bits per heavy atom. The maximum Gasteiger partial charge on any atom is 0.234 e. The normalized spacial score (nSPS) is 10.8. The number of aryl methyl sites for hydroxylation is 2. The van der Waals surface area contributed by atoms with Gasteiger partial charge in [0.1, 0.15) is 5.75 Å². The third kappa shape index (κ3) is 4.92. The first-order valence-corrected chi connectivity index (χ1v) is 10.6. The van der Waals surface area contributed by atoms with E-state index in [2.05, 4.69) is 15.5 Å². The standard InChI is InChI=1S/C21H23ClN4O2S/c1-5-26-20(17-11-15(22)7-9-18(17)28-4)24-25-21(26)29-12-19(27)23-16-8-6-13(2)14(3)10-16/h6-11H,5,12H2,1-4H3,(H,23,27). The maximum absolute atomic E-state index is 12.4. The predicted molar refractivity (Wildman–Crippen MR) is 118 cm³/mol. The average molecular weight is 431 g/mol. The lowest BCUT2D eigenvalue weighted by atomic mass is 10.1. The zero-order valence-corrected chi connectivity index (χ0v) is 18.4. The van der Waals surface area contributed by atoms with Crippen LogP contribution in [0.5, 0.6) is 5.75 Å². The Morgan fingerprint density at radius 1 is 1.17 bits per heavy atom. The number of ether oxygens (including phenoxy) is 1. The third-order valence-corrected chi connectivity index (χ3v) is 5.76. The molecule has 0 radical (unpaired) electrons. The van der Waals surface area contributed by atoms with Crippen LogP contribution in [0.1, 0.15) is 18.1 Å². The summed E-state index contributed by atoms with van der Waals surface area (Å²) in [5, 5.41) is 12.8. The summed E-state index contributed by atoms with van der Waals surface area (Å²) in [6, 6.07) is 11.2. The van der Waals surface area contributed by atoms with Crippen LogP contribution in [-0.2, 0) is 11.3 Å². The van der Waals surface area contributed by atoms with Crippen molar-refractivity contribution in [3.63, 3.8) is 0 Å². The number of aromatic nitrogens is 3. The fourth-order valence-electron chi connectivity index (χ4n) is 2.88. The molecule has 0 saturated heterocycles. The average Bonchev–Trinajstić information content (AvgIpc) is 3.12. The second kappa shape index (κ2) is 9.33. The molecule has 29 heavy (non-hydrogen) atoms. The molecule has 152 valence electrons. The molecular formula is C21H23ClN4O2S. The minimum absolute atomic E-state index is 0.0919. The molecule has 1 N–H and O–H groups in total. The number of methoxy groups -OCH3 is 1. The lowest BCUT2D eigenvalue weighted by Crippen LogP contribution is -2.14. The number of halogens is 1. The smallest absolute Gasteiger partial charge is 0.234 e. The van der Waals surface area contributed by atoms with Gasteiger partial charge in [-0.1, -0.05) is 29.4 Å². The van der Waals surface area contributed by atoms with Crippen LogP contribution in [0, 0.1) is 13.8 Å². The van der Waals surface area contributed by atoms with Crippen molar-refractivity contribution in [2.75, 3.05) is 18.2 Å². The quantitative estimate of drug-likeness (QED) is 0.535. The first kappa shape index (κ1) is 21.2. The molecule has 0 unspecified atom stereocenters. The van der Waals surface area contributed by atoms with Gasteiger partial charge in [-0.2, -0.15) is 0 Å². The molecule has 0 spiro atoms. The van der Waals surface area contributed by atoms with Crippen LogP contribution in [0.4, 0.5) is 5.69 Å². The van der Waals surface area contributed by atoms with Crippen LogP contribution in [0.2, 0.25) is 5.02 Å². The van der Waals surface area contributed by atoms with E-state index in [0.717, 1.165) is 16.8 Å². The zero-order chi connectivity index (χ0) is 21.0. The second-order valence-corrected chi connectivity index (χ2v) is 7.91. The fraction of sp³-hybridized carbons (Fsp3) is 0.286. The first-order valence-electron chi connectivity index (χ1n) is 9.20. The molecule has 0 aliphatic heterocycles. The van der Waals surface area contributed by atoms with Crippen LogP contribution < -0.4 is 10.1 Å². The number of hydrogen-bond acceptors (Lipinski definition) is 5. The number of benzene rings is 2. The van der Waals surface area contributed by atoms with Gasteiger partial charge in [0.15, 0.2) is 11.0 Å². The Labute approximate surface area is 179 Å². The number of nitrogens with one attached hydrogen (secondary N) is 1. The van der Waals surface area contributed by atoms with Gasteiger partial charge in [-0.05, 0) is 62.2 Å². The number of nitrogens with zero attached hydrogens (tertiary/aromatic N) is 3. The van der Waals surface area contributed by atoms with Crippen LogP contribution in [0.25, 0.3) is 11.4 Å². The van der Waals surface area contributed by atoms with Gasteiger partial charge < -0.3 is 14.6 Å². The summed E-state index contributed by atoms with van der Waals surface area (Å²) in [6.45, 7) is 6.72. The van der Waals surface area contributed by atoms with Gasteiger partial charge in [-0.3, -0.25) is 4.79 Å². The van der Waals surface area contributed by atoms with E-state index in [1.165, 1.54) is 17.3 Å². The number of carbonyl (C=O) groups is 1. The van der Waals surface area contributed by atoms with E-state index in [-0.39, 0.29) is 11.7 Å². The van der Waals surface area contributed by atoms with Crippen LogP contribution >= 0.6 is 23.4 Å². The molecular weight excluding hydrogens is 408 g/mol. The monoisotopic (exact) mass is 430 g/mol. The highest BCUT2D eigenvalue weighted by Crippen LogP contribution is 2.33. The van der Waals surface area contributed by atoms with Crippen molar-refractivity contribution < 1.29 is 9.53 Å². The summed E-state index contributed by atoms with van der Waals surface area (Å²) in [4.78, 5) is 12.4. The Morgan fingerprint density at radius 3 is 2.66 bits per heavy atom. The molecule has 1 heterocycles. The highest BCUT2D eigenvalue weighted by atomic mass is 35.5. The minimum Gasteiger partial charge on any atom is -0.496 e. The van der Waals surface area contributed by atoms with Crippen molar-refractivity contribution in [1.29, 1.82) is 0 Å². The molecule has 3 aromatic rings. The number of hydrogen-bond donors (Lipinski definition) is 1. The molecule has 6 nitrogen and oxygen atoms in total. The van der Waals surface area contributed by atoms with Crippen LogP contribution in [-0.4, -0.2) is 33.5 Å². The number of rotatable bonds is 7. The minimum atomic E-state index is -0.0919. The topological polar surface area (TPSA) is 69.0 Å². The Hall–Kier alpha value is -2.51. The SMILES string of the molecule is CCn1c(SCC(=O)Nc2ccc(C)c(C)c2)nnc1-c1cc(Cl)ccc1OC. The fourth-order valence-corrected chi connectivity index (χ4v) is 3.86. The predicted octanol–water partition coefficient (Wildman–Crippen LogP) is 4.97. The number of carbonyl (C=O) groups excluding carboxylic acids is 1. The van der Waals surface area contributed by atoms with Crippen molar-refractivity contribution in [3.8, 4) is 17.1 Å². The van der Waals surface area contributed by atoms with Gasteiger partial charge in [0.2, 0.25) is 5.91 Å². The number of thioether (sulfide) groups is 1. The summed E-state index contributed by atoms with van der Waals surface area (Å²) in [7, 11) is 1.60. The largest absolute Gasteiger partial charge is 0.496 e. The molecule has 0 aliphatic rings. The van der Waals surface area contributed by atoms with E-state index in [0.29, 0.717) is 28.3 Å². The number of amides is 1. The van der Waals surface area contributed by atoms with Gasteiger partial charge in [-0.25, -0.2) is 0 Å². The molecule has 0 fully saturated rings. The van der Waals surface area contributed by atoms with E-state index in [1.807, 2.05) is 43.5 Å². The van der Waals surface area contributed by atoms with Gasteiger partial charge in [0.25, 0.3) is 0 Å². The van der Waals surface area contributed by atoms with E-state index in [9.17, 15) is 4.79 Å². The molecule has 1 amide bonds. The van der Waals surface area contributed by atoms with E-state index >= 15 is 0 Å². The van der Waals surface area contributed by atoms with Gasteiger partial charge in [-0.15, -0.1) is 10.2 Å². The van der Waals surface area contributed by atoms with E-state index in [1.54, 1.807) is 25.3 Å². The van der Waals surface area contributed by atoms with Crippen molar-refractivity contribution >= 4 is 35.0 Å². The van der Waals surface area contributed by atoms with Crippen molar-refractivity contribution in [2.45, 2.75) is 32.5 Å². The zero-order valence-electron chi connectivity index (χ0n) is 16.8. The molecule has 2 aromatic carbocycles. The molecule has 0 bridgehead atoms. The number of anilines is 1. The summed E-state index contributed by atoms with van der Waals surface area (Å²) in [5.74, 6) is 1.47. The Balaban J connectivity index is 1.75. The van der Waals surface area contributed by atoms with Crippen molar-refractivity contribution in [3.05, 3.63) is 52.5 Å². The highest BCUT2D eigenvalue weighted by molar-refractivity contribution is 7.99. The van der Waals surface area contributed by atoms with Crippen LogP contribution in [0.15, 0.2) is 41.6 Å². The van der Waals surface area contributed by atoms with Gasteiger partial charge in [0.05, 0.1) is 18.4 Å². The first-order chi connectivity index (χ1) is 13.9. The lowest BCUT2D eigenvalue weighted by molar-refractivity contribution is -0.113. The molecule has 0 saturated carbocycles. The van der Waals surface area contributed by atoms with Crippen LogP contribution in [0.3, 0.4) is 0 Å². The van der Waals surface area contributed by atoms with Gasteiger partial charge in [0, 0.05) is 17.3 Å². The van der Waals surface area contributed by atoms with Crippen molar-refractivity contribution in [2.24, 2.45) is 0 Å². The summed E-state index contributed by atoms with van der Waals surface area (Å²) in [6.07, 6.45) is 0. The Kier molecular flexibility index (Phi) is 6.82. The maximum atomic E-state index is 12.4. The molecule has 1 aromatic heterocycles. The summed E-state index contributed by atoms with van der Waals surface area (Å²) >= 11 is 7.50. The molecule has 0 aliphatic carbocycles. The summed E-state index contributed by atoms with van der Waals surface area (Å²) < 4.78 is 7.38. The van der Waals surface area contributed by atoms with E-state index < -0.39 is 0 Å². The highest BCUT2D eigenvalue weighted by Gasteiger charge is 2.18. The van der Waals surface area contributed by atoms with Gasteiger partial charge >= 0.3 is 0 Å². The molecule has 3 rings (SSSR count). The molecule has 0 atom stereocenters. The summed E-state index contributed by atoms with van der Waals surface area (Å²) in [5.41, 5.74) is 3.89. The van der Waals surface area contributed by atoms with E-state index in [4.69, 9.17) is 16.3 Å². The Bertz CT molecular complexity index is 1040. The second-order valence-electron chi connectivity index (χ2n) is 6.53. The third-order valence-electron chi connectivity index (χ3n) is 4.56. The molecule has 8 heteroatoms. The van der Waals surface area contributed by atoms with Crippen molar-refractivity contribution in [1.82, 2.24) is 14.8 Å².